The normalized spacial score (nSPS) is 21.2. The molecule has 134 valence electrons. The average molecular weight is 377 g/mol. The molecule has 0 aromatic carbocycles. The Labute approximate surface area is 157 Å². The lowest BCUT2D eigenvalue weighted by atomic mass is 10.1. The fourth-order valence-corrected chi connectivity index (χ4v) is 4.33. The molecule has 3 rings (SSSR count). The molecule has 0 bridgehead atoms. The van der Waals surface area contributed by atoms with E-state index in [2.05, 4.69) is 26.5 Å². The van der Waals surface area contributed by atoms with E-state index in [1.807, 2.05) is 17.7 Å². The Morgan fingerprint density at radius 2 is 2.48 bits per heavy atom. The molecule has 0 aliphatic carbocycles. The second-order valence-electron chi connectivity index (χ2n) is 5.91. The van der Waals surface area contributed by atoms with Crippen LogP contribution in [0.15, 0.2) is 44.6 Å². The molecule has 25 heavy (non-hydrogen) atoms. The Morgan fingerprint density at radius 1 is 1.60 bits per heavy atom. The van der Waals surface area contributed by atoms with Gasteiger partial charge in [0.05, 0.1) is 6.54 Å². The van der Waals surface area contributed by atoms with Crippen LogP contribution in [-0.4, -0.2) is 53.9 Å². The van der Waals surface area contributed by atoms with Gasteiger partial charge in [0.2, 0.25) is 0 Å². The van der Waals surface area contributed by atoms with Crippen LogP contribution in [0, 0.1) is 0 Å². The molecule has 0 spiro atoms. The van der Waals surface area contributed by atoms with Crippen molar-refractivity contribution in [3.05, 3.63) is 39.6 Å². The van der Waals surface area contributed by atoms with E-state index in [1.165, 1.54) is 12.1 Å². The van der Waals surface area contributed by atoms with Gasteiger partial charge in [0, 0.05) is 66.6 Å². The van der Waals surface area contributed by atoms with Gasteiger partial charge < -0.3 is 10.6 Å². The zero-order valence-electron chi connectivity index (χ0n) is 14.6. The van der Waals surface area contributed by atoms with Gasteiger partial charge in [-0.25, -0.2) is 4.98 Å². The minimum Gasteiger partial charge on any atom is -0.398 e. The van der Waals surface area contributed by atoms with Crippen LogP contribution < -0.4 is 10.5 Å². The molecule has 1 aromatic heterocycles. The van der Waals surface area contributed by atoms with Crippen LogP contribution in [-0.2, 0) is 0 Å². The highest BCUT2D eigenvalue weighted by Crippen LogP contribution is 2.33. The van der Waals surface area contributed by atoms with Crippen LogP contribution in [0.5, 0.6) is 0 Å². The van der Waals surface area contributed by atoms with Gasteiger partial charge in [-0.3, -0.25) is 14.7 Å². The summed E-state index contributed by atoms with van der Waals surface area (Å²) < 4.78 is 3.59. The zero-order valence-corrected chi connectivity index (χ0v) is 16.2. The lowest BCUT2D eigenvalue weighted by Crippen LogP contribution is -2.35. The molecule has 3 N–H and O–H groups in total. The third-order valence-corrected chi connectivity index (χ3v) is 5.97. The van der Waals surface area contributed by atoms with Crippen LogP contribution in [0.2, 0.25) is 0 Å². The van der Waals surface area contributed by atoms with Gasteiger partial charge >= 0.3 is 0 Å². The highest BCUT2D eigenvalue weighted by Gasteiger charge is 2.35. The first-order valence-corrected chi connectivity index (χ1v) is 10.3. The number of hydrogen-bond donors (Lipinski definition) is 2. The fourth-order valence-electron chi connectivity index (χ4n) is 2.96. The molecule has 8 heteroatoms. The maximum absolute atomic E-state index is 6.30. The number of fused-ring (bicyclic) bond motifs is 1. The summed E-state index contributed by atoms with van der Waals surface area (Å²) in [5.41, 5.74) is 9.40. The van der Waals surface area contributed by atoms with Gasteiger partial charge in [0.15, 0.2) is 10.8 Å². The summed E-state index contributed by atoms with van der Waals surface area (Å²) in [6, 6.07) is 0.387. The number of nitrogens with two attached hydrogens (primary N) is 1. The van der Waals surface area contributed by atoms with Crippen molar-refractivity contribution in [3.63, 3.8) is 0 Å². The van der Waals surface area contributed by atoms with Crippen molar-refractivity contribution < 1.29 is 0 Å². The van der Waals surface area contributed by atoms with E-state index in [9.17, 15) is 0 Å². The second-order valence-corrected chi connectivity index (χ2v) is 7.74. The number of aromatic nitrogens is 1. The van der Waals surface area contributed by atoms with E-state index in [4.69, 9.17) is 10.7 Å². The quantitative estimate of drug-likeness (QED) is 0.434. The molecule has 1 saturated heterocycles. The summed E-state index contributed by atoms with van der Waals surface area (Å²) in [5, 5.41) is 2.96. The molecule has 1 unspecified atom stereocenters. The number of allylic oxidation sites excluding steroid dienone is 1. The van der Waals surface area contributed by atoms with Crippen molar-refractivity contribution in [1.82, 2.24) is 14.6 Å². The average Bonchev–Trinajstić information content (AvgIpc) is 3.28. The third kappa shape index (κ3) is 4.13. The van der Waals surface area contributed by atoms with Crippen molar-refractivity contribution in [2.45, 2.75) is 25.8 Å². The van der Waals surface area contributed by atoms with Crippen LogP contribution >= 0.6 is 23.3 Å². The highest BCUT2D eigenvalue weighted by molar-refractivity contribution is 7.97. The van der Waals surface area contributed by atoms with Crippen LogP contribution in [0.4, 0.5) is 0 Å². The molecule has 1 atom stereocenters. The summed E-state index contributed by atoms with van der Waals surface area (Å²) in [7, 11) is 1.74. The fraction of sp³-hybridized carbons (Fsp3) is 0.471. The number of amidine groups is 1. The van der Waals surface area contributed by atoms with E-state index in [-0.39, 0.29) is 0 Å². The van der Waals surface area contributed by atoms with E-state index in [1.54, 1.807) is 36.5 Å². The zero-order chi connectivity index (χ0) is 17.6. The predicted molar refractivity (Wildman–Crippen MR) is 108 cm³/mol. The highest BCUT2D eigenvalue weighted by atomic mass is 32.2. The maximum Gasteiger partial charge on any atom is 0.165 e. The molecular weight excluding hydrogens is 352 g/mol. The number of hydrogen-bond acceptors (Lipinski definition) is 8. The summed E-state index contributed by atoms with van der Waals surface area (Å²) in [6.07, 6.45) is 7.54. The predicted octanol–water partition coefficient (Wildman–Crippen LogP) is 2.42. The van der Waals surface area contributed by atoms with Gasteiger partial charge in [0.1, 0.15) is 0 Å². The monoisotopic (exact) mass is 376 g/mol. The molecule has 6 nitrogen and oxygen atoms in total. The molecule has 1 fully saturated rings. The van der Waals surface area contributed by atoms with Crippen molar-refractivity contribution in [2.75, 3.05) is 25.9 Å². The first kappa shape index (κ1) is 18.2. The summed E-state index contributed by atoms with van der Waals surface area (Å²) in [5.74, 6) is 2.08. The Morgan fingerprint density at radius 3 is 3.20 bits per heavy atom. The van der Waals surface area contributed by atoms with E-state index >= 15 is 0 Å². The van der Waals surface area contributed by atoms with E-state index < -0.39 is 0 Å². The molecule has 3 heterocycles. The first-order valence-electron chi connectivity index (χ1n) is 8.44. The van der Waals surface area contributed by atoms with Crippen LogP contribution in [0.25, 0.3) is 0 Å². The molecular formula is C17H24N6S2. The van der Waals surface area contributed by atoms with E-state index in [0.717, 1.165) is 40.8 Å². The summed E-state index contributed by atoms with van der Waals surface area (Å²) in [4.78, 5) is 15.5. The Hall–Kier alpha value is -1.64. The van der Waals surface area contributed by atoms with Crippen molar-refractivity contribution in [1.29, 1.82) is 0 Å². The Kier molecular flexibility index (Phi) is 6.28. The molecule has 2 aliphatic heterocycles. The van der Waals surface area contributed by atoms with Crippen LogP contribution in [0.3, 0.4) is 0 Å². The number of rotatable bonds is 7. The third-order valence-electron chi connectivity index (χ3n) is 4.09. The van der Waals surface area contributed by atoms with Gasteiger partial charge in [-0.2, -0.15) is 0 Å². The summed E-state index contributed by atoms with van der Waals surface area (Å²) >= 11 is 3.42. The lowest BCUT2D eigenvalue weighted by molar-refractivity contribution is 0.538. The second kappa shape index (κ2) is 8.64. The minimum atomic E-state index is 0.387. The molecule has 0 saturated carbocycles. The first-order chi connectivity index (χ1) is 12.2. The van der Waals surface area contributed by atoms with Crippen molar-refractivity contribution in [2.24, 2.45) is 15.7 Å². The lowest BCUT2D eigenvalue weighted by Gasteiger charge is -2.27. The van der Waals surface area contributed by atoms with Gasteiger partial charge in [-0.1, -0.05) is 18.9 Å². The number of nitrogens with zero attached hydrogens (tertiary/aromatic N) is 4. The standard InChI is InChI=1S/C17H24N6S2/c1-3-7-25-22-12-9-15-13(14(18)4-5-19-2)10-21-16(23(15)11-12)17-20-6-8-24-17/h4-6,8,12,22H,3,7,9-11,18H2,1-2H3. The van der Waals surface area contributed by atoms with Gasteiger partial charge in [-0.05, 0) is 12.5 Å². The number of aliphatic imine (C=N–C) groups is 2. The van der Waals surface area contributed by atoms with Gasteiger partial charge in [-0.15, -0.1) is 11.3 Å². The van der Waals surface area contributed by atoms with Crippen molar-refractivity contribution >= 4 is 35.3 Å². The SMILES string of the molecule is CCCSNC1CC2=C(C(N)=CC=NC)CN=C(c3nccs3)N2C1. The minimum absolute atomic E-state index is 0.387. The van der Waals surface area contributed by atoms with E-state index in [0.29, 0.717) is 12.6 Å². The van der Waals surface area contributed by atoms with Gasteiger partial charge in [0.25, 0.3) is 0 Å². The largest absolute Gasteiger partial charge is 0.398 e. The number of nitrogens with one attached hydrogen (secondary N) is 1. The van der Waals surface area contributed by atoms with Crippen molar-refractivity contribution in [3.8, 4) is 0 Å². The molecule has 0 amide bonds. The Balaban J connectivity index is 1.87. The maximum atomic E-state index is 6.30. The topological polar surface area (TPSA) is 78.9 Å². The Bertz CT molecular complexity index is 705. The summed E-state index contributed by atoms with van der Waals surface area (Å²) in [6.45, 7) is 3.68. The number of thiazole rings is 1. The molecule has 2 aliphatic rings. The molecule has 1 aromatic rings. The van der Waals surface area contributed by atoms with Crippen LogP contribution in [0.1, 0.15) is 24.8 Å². The molecule has 0 radical (unpaired) electrons. The smallest absolute Gasteiger partial charge is 0.165 e.